The van der Waals surface area contributed by atoms with Gasteiger partial charge in [-0.3, -0.25) is 4.99 Å². The highest BCUT2D eigenvalue weighted by molar-refractivity contribution is 5.84. The molecule has 0 radical (unpaired) electrons. The van der Waals surface area contributed by atoms with Gasteiger partial charge in [-0.05, 0) is 34.9 Å². The van der Waals surface area contributed by atoms with Crippen molar-refractivity contribution in [2.24, 2.45) is 10.9 Å². The van der Waals surface area contributed by atoms with E-state index in [-0.39, 0.29) is 5.41 Å². The molecule has 0 bridgehead atoms. The Labute approximate surface area is 111 Å². The molecule has 0 aliphatic heterocycles. The van der Waals surface area contributed by atoms with Gasteiger partial charge < -0.3 is 5.11 Å². The zero-order valence-electron chi connectivity index (χ0n) is 12.4. The van der Waals surface area contributed by atoms with Gasteiger partial charge in [0.1, 0.15) is 5.75 Å². The maximum atomic E-state index is 10.3. The van der Waals surface area contributed by atoms with E-state index >= 15 is 0 Å². The van der Waals surface area contributed by atoms with E-state index in [9.17, 15) is 5.11 Å². The zero-order valence-corrected chi connectivity index (χ0v) is 12.4. The number of hydrogen-bond acceptors (Lipinski definition) is 2. The summed E-state index contributed by atoms with van der Waals surface area (Å²) in [5.74, 6) is 0.903. The molecule has 0 aliphatic carbocycles. The topological polar surface area (TPSA) is 32.6 Å². The van der Waals surface area contributed by atoms with E-state index in [4.69, 9.17) is 0 Å². The van der Waals surface area contributed by atoms with Crippen molar-refractivity contribution in [3.63, 3.8) is 0 Å². The lowest BCUT2D eigenvalue weighted by Gasteiger charge is -2.22. The van der Waals surface area contributed by atoms with Crippen LogP contribution >= 0.6 is 0 Å². The van der Waals surface area contributed by atoms with Crippen LogP contribution in [-0.2, 0) is 11.8 Å². The van der Waals surface area contributed by atoms with Gasteiger partial charge in [0.2, 0.25) is 0 Å². The maximum absolute atomic E-state index is 10.3. The van der Waals surface area contributed by atoms with Crippen molar-refractivity contribution >= 4 is 6.21 Å². The van der Waals surface area contributed by atoms with Gasteiger partial charge in [0, 0.05) is 18.8 Å². The first-order valence-electron chi connectivity index (χ1n) is 6.54. The Morgan fingerprint density at radius 3 is 2.33 bits per heavy atom. The molecule has 0 aromatic heterocycles. The Hall–Kier alpha value is -1.31. The summed E-state index contributed by atoms with van der Waals surface area (Å²) in [7, 11) is 1.73. The molecule has 0 heterocycles. The van der Waals surface area contributed by atoms with Crippen molar-refractivity contribution in [3.8, 4) is 5.75 Å². The maximum Gasteiger partial charge on any atom is 0.127 e. The third-order valence-electron chi connectivity index (χ3n) is 2.98. The molecule has 0 saturated carbocycles. The van der Waals surface area contributed by atoms with Gasteiger partial charge >= 0.3 is 0 Å². The van der Waals surface area contributed by atoms with Crippen molar-refractivity contribution in [1.29, 1.82) is 0 Å². The molecular weight excluding hydrogens is 222 g/mol. The summed E-state index contributed by atoms with van der Waals surface area (Å²) in [6.07, 6.45) is 2.62. The van der Waals surface area contributed by atoms with Gasteiger partial charge in [-0.15, -0.1) is 0 Å². The number of phenols is 1. The lowest BCUT2D eigenvalue weighted by Crippen LogP contribution is -2.13. The Kier molecular flexibility index (Phi) is 4.55. The Morgan fingerprint density at radius 2 is 1.89 bits per heavy atom. The zero-order chi connectivity index (χ0) is 13.9. The molecule has 2 heteroatoms. The van der Waals surface area contributed by atoms with Crippen molar-refractivity contribution < 1.29 is 5.11 Å². The highest BCUT2D eigenvalue weighted by Crippen LogP contribution is 2.31. The molecule has 0 atom stereocenters. The summed E-state index contributed by atoms with van der Waals surface area (Å²) in [6.45, 7) is 10.9. The van der Waals surface area contributed by atoms with Gasteiger partial charge in [0.15, 0.2) is 0 Å². The third-order valence-corrected chi connectivity index (χ3v) is 2.98. The molecule has 1 rings (SSSR count). The summed E-state index contributed by atoms with van der Waals surface area (Å²) in [5.41, 5.74) is 3.16. The third kappa shape index (κ3) is 3.59. The molecule has 18 heavy (non-hydrogen) atoms. The minimum atomic E-state index is 0.0791. The van der Waals surface area contributed by atoms with Crippen molar-refractivity contribution in [1.82, 2.24) is 0 Å². The van der Waals surface area contributed by atoms with Gasteiger partial charge in [-0.25, -0.2) is 0 Å². The van der Waals surface area contributed by atoms with Crippen LogP contribution in [-0.4, -0.2) is 18.4 Å². The van der Waals surface area contributed by atoms with Crippen LogP contribution in [0.15, 0.2) is 17.1 Å². The van der Waals surface area contributed by atoms with Crippen molar-refractivity contribution in [2.75, 3.05) is 7.05 Å². The molecule has 1 aromatic carbocycles. The summed E-state index contributed by atoms with van der Waals surface area (Å²) in [4.78, 5) is 4.03. The summed E-state index contributed by atoms with van der Waals surface area (Å²) >= 11 is 0. The fourth-order valence-corrected chi connectivity index (χ4v) is 1.98. The fourth-order valence-electron chi connectivity index (χ4n) is 1.98. The molecule has 100 valence electrons. The van der Waals surface area contributed by atoms with Crippen LogP contribution in [0.4, 0.5) is 0 Å². The summed E-state index contributed by atoms with van der Waals surface area (Å²) in [5, 5.41) is 10.3. The van der Waals surface area contributed by atoms with Crippen LogP contribution in [0.5, 0.6) is 5.75 Å². The molecule has 2 nitrogen and oxygen atoms in total. The van der Waals surface area contributed by atoms with Crippen LogP contribution in [0.2, 0.25) is 0 Å². The predicted molar refractivity (Wildman–Crippen MR) is 78.9 cm³/mol. The summed E-state index contributed by atoms with van der Waals surface area (Å²) < 4.78 is 0. The first-order valence-corrected chi connectivity index (χ1v) is 6.54. The molecular formula is C16H25NO. The predicted octanol–water partition coefficient (Wildman–Crippen LogP) is 3.94. The molecule has 1 N–H and O–H groups in total. The normalized spacial score (nSPS) is 12.6. The lowest BCUT2D eigenvalue weighted by molar-refractivity contribution is 0.460. The highest BCUT2D eigenvalue weighted by atomic mass is 16.3. The highest BCUT2D eigenvalue weighted by Gasteiger charge is 2.18. The number of benzene rings is 1. The van der Waals surface area contributed by atoms with E-state index in [1.54, 1.807) is 13.3 Å². The van der Waals surface area contributed by atoms with Crippen molar-refractivity contribution in [2.45, 2.75) is 46.5 Å². The van der Waals surface area contributed by atoms with Crippen molar-refractivity contribution in [3.05, 3.63) is 28.8 Å². The first kappa shape index (κ1) is 14.7. The Bertz CT molecular complexity index is 439. The Morgan fingerprint density at radius 1 is 1.28 bits per heavy atom. The van der Waals surface area contributed by atoms with Crippen LogP contribution in [0.25, 0.3) is 0 Å². The van der Waals surface area contributed by atoms with E-state index in [0.29, 0.717) is 11.7 Å². The van der Waals surface area contributed by atoms with Crippen LogP contribution in [0.3, 0.4) is 0 Å². The number of aromatic hydroxyl groups is 1. The first-order chi connectivity index (χ1) is 8.25. The van der Waals surface area contributed by atoms with E-state index in [2.05, 4.69) is 45.7 Å². The average molecular weight is 247 g/mol. The second-order valence-corrected chi connectivity index (χ2v) is 6.31. The molecule has 0 spiro atoms. The van der Waals surface area contributed by atoms with E-state index in [1.807, 2.05) is 6.07 Å². The molecule has 0 saturated heterocycles. The lowest BCUT2D eigenvalue weighted by atomic mass is 9.83. The minimum Gasteiger partial charge on any atom is -0.507 e. The quantitative estimate of drug-likeness (QED) is 0.806. The average Bonchev–Trinajstić information content (AvgIpc) is 2.21. The second-order valence-electron chi connectivity index (χ2n) is 6.31. The molecule has 0 aliphatic rings. The van der Waals surface area contributed by atoms with E-state index in [0.717, 1.165) is 17.5 Å². The number of rotatable bonds is 3. The largest absolute Gasteiger partial charge is 0.507 e. The standard InChI is InChI=1S/C16H25NO/c1-11(2)7-12-8-14(16(3,4)5)9-13(10-17-6)15(12)18/h8-11,18H,7H2,1-6H3. The van der Waals surface area contributed by atoms with Gasteiger partial charge in [0.25, 0.3) is 0 Å². The Balaban J connectivity index is 3.36. The van der Waals surface area contributed by atoms with Gasteiger partial charge in [0.05, 0.1) is 0 Å². The number of nitrogens with zero attached hydrogens (tertiary/aromatic N) is 1. The minimum absolute atomic E-state index is 0.0791. The van der Waals surface area contributed by atoms with Crippen LogP contribution in [0.1, 0.15) is 51.3 Å². The SMILES string of the molecule is CN=Cc1cc(C(C)(C)C)cc(CC(C)C)c1O. The monoisotopic (exact) mass is 247 g/mol. The molecule has 0 amide bonds. The summed E-state index contributed by atoms with van der Waals surface area (Å²) in [6, 6.07) is 4.16. The number of hydrogen-bond donors (Lipinski definition) is 1. The smallest absolute Gasteiger partial charge is 0.127 e. The van der Waals surface area contributed by atoms with E-state index in [1.165, 1.54) is 5.56 Å². The van der Waals surface area contributed by atoms with Crippen LogP contribution < -0.4 is 0 Å². The number of phenolic OH excluding ortho intramolecular Hbond substituents is 1. The molecule has 0 fully saturated rings. The van der Waals surface area contributed by atoms with Gasteiger partial charge in [-0.1, -0.05) is 40.7 Å². The second kappa shape index (κ2) is 5.55. The van der Waals surface area contributed by atoms with Crippen LogP contribution in [0, 0.1) is 5.92 Å². The number of aliphatic imine (C=N–C) groups is 1. The fraction of sp³-hybridized carbons (Fsp3) is 0.562. The van der Waals surface area contributed by atoms with E-state index < -0.39 is 0 Å². The molecule has 1 aromatic rings. The molecule has 0 unspecified atom stereocenters. The van der Waals surface area contributed by atoms with Gasteiger partial charge in [-0.2, -0.15) is 0 Å².